The van der Waals surface area contributed by atoms with E-state index in [1.807, 2.05) is 0 Å². The zero-order valence-electron chi connectivity index (χ0n) is 10.7. The molecule has 0 aliphatic heterocycles. The zero-order chi connectivity index (χ0) is 11.3. The van der Waals surface area contributed by atoms with Crippen LogP contribution in [0.15, 0.2) is 6.20 Å². The number of aryl methyl sites for hydroxylation is 2. The third kappa shape index (κ3) is 3.08. The van der Waals surface area contributed by atoms with Crippen LogP contribution in [0.2, 0.25) is 0 Å². The molecule has 2 heteroatoms. The Morgan fingerprint density at radius 1 is 1.20 bits per heavy atom. The molecule has 0 aliphatic rings. The average Bonchev–Trinajstić information content (AvgIpc) is 2.51. The van der Waals surface area contributed by atoms with Crippen molar-refractivity contribution in [3.8, 4) is 0 Å². The molecule has 0 fully saturated rings. The third-order valence-corrected chi connectivity index (χ3v) is 3.18. The molecule has 0 unspecified atom stereocenters. The smallest absolute Gasteiger partial charge is 0.234 e. The van der Waals surface area contributed by atoms with Crippen molar-refractivity contribution in [2.24, 2.45) is 7.05 Å². The summed E-state index contributed by atoms with van der Waals surface area (Å²) in [6.45, 7) is 7.88. The predicted octanol–water partition coefficient (Wildman–Crippen LogP) is 2.76. The van der Waals surface area contributed by atoms with Gasteiger partial charge in [-0.25, -0.2) is 9.13 Å². The number of aromatic nitrogens is 2. The van der Waals surface area contributed by atoms with Crippen molar-refractivity contribution in [3.63, 3.8) is 0 Å². The van der Waals surface area contributed by atoms with E-state index >= 15 is 0 Å². The van der Waals surface area contributed by atoms with Gasteiger partial charge in [-0.1, -0.05) is 26.7 Å². The molecule has 86 valence electrons. The van der Waals surface area contributed by atoms with Gasteiger partial charge in [-0.15, -0.1) is 0 Å². The lowest BCUT2D eigenvalue weighted by atomic mass is 10.2. The number of unbranched alkanes of at least 4 members (excludes halogenated alkanes) is 2. The van der Waals surface area contributed by atoms with Gasteiger partial charge in [-0.2, -0.15) is 0 Å². The topological polar surface area (TPSA) is 8.81 Å². The van der Waals surface area contributed by atoms with Gasteiger partial charge in [-0.05, 0) is 12.8 Å². The minimum absolute atomic E-state index is 1.17. The second-order valence-corrected chi connectivity index (χ2v) is 4.38. The Morgan fingerprint density at radius 2 is 1.87 bits per heavy atom. The first-order valence-corrected chi connectivity index (χ1v) is 6.25. The van der Waals surface area contributed by atoms with Gasteiger partial charge in [0.05, 0.1) is 13.6 Å². The molecule has 0 amide bonds. The molecule has 0 saturated heterocycles. The molecule has 0 N–H and O–H groups in total. The maximum atomic E-state index is 2.40. The first-order valence-electron chi connectivity index (χ1n) is 6.25. The van der Waals surface area contributed by atoms with E-state index in [2.05, 4.69) is 43.1 Å². The van der Waals surface area contributed by atoms with Gasteiger partial charge in [0.15, 0.2) is 0 Å². The highest BCUT2D eigenvalue weighted by atomic mass is 15.1. The van der Waals surface area contributed by atoms with Gasteiger partial charge in [0.2, 0.25) is 0 Å². The van der Waals surface area contributed by atoms with Crippen LogP contribution < -0.4 is 4.57 Å². The predicted molar refractivity (Wildman–Crippen MR) is 63.9 cm³/mol. The Labute approximate surface area is 93.9 Å². The second-order valence-electron chi connectivity index (χ2n) is 4.38. The van der Waals surface area contributed by atoms with Crippen LogP contribution in [0.3, 0.4) is 0 Å². The fraction of sp³-hybridized carbons (Fsp3) is 0.769. The van der Waals surface area contributed by atoms with Gasteiger partial charge in [-0.3, -0.25) is 0 Å². The molecule has 0 aromatic carbocycles. The summed E-state index contributed by atoms with van der Waals surface area (Å²) in [7, 11) is 2.18. The molecule has 1 aromatic heterocycles. The second kappa shape index (κ2) is 5.94. The quantitative estimate of drug-likeness (QED) is 0.637. The summed E-state index contributed by atoms with van der Waals surface area (Å²) in [6, 6.07) is 0. The Kier molecular flexibility index (Phi) is 4.86. The van der Waals surface area contributed by atoms with Crippen molar-refractivity contribution in [3.05, 3.63) is 17.7 Å². The monoisotopic (exact) mass is 209 g/mol. The van der Waals surface area contributed by atoms with Crippen LogP contribution in [-0.4, -0.2) is 4.57 Å². The summed E-state index contributed by atoms with van der Waals surface area (Å²) in [5.74, 6) is 1.38. The van der Waals surface area contributed by atoms with E-state index < -0.39 is 0 Å². The lowest BCUT2D eigenvalue weighted by Crippen LogP contribution is -2.35. The molecule has 0 spiro atoms. The molecule has 0 aliphatic carbocycles. The minimum Gasteiger partial charge on any atom is -0.234 e. The lowest BCUT2D eigenvalue weighted by Gasteiger charge is -1.96. The van der Waals surface area contributed by atoms with Gasteiger partial charge >= 0.3 is 0 Å². The van der Waals surface area contributed by atoms with Crippen molar-refractivity contribution in [2.45, 2.75) is 59.4 Å². The summed E-state index contributed by atoms with van der Waals surface area (Å²) >= 11 is 0. The molecule has 1 heterocycles. The minimum atomic E-state index is 1.17. The van der Waals surface area contributed by atoms with Crippen molar-refractivity contribution >= 4 is 0 Å². The lowest BCUT2D eigenvalue weighted by molar-refractivity contribution is -0.702. The number of hydrogen-bond donors (Lipinski definition) is 0. The van der Waals surface area contributed by atoms with E-state index in [1.165, 1.54) is 50.2 Å². The molecule has 0 atom stereocenters. The van der Waals surface area contributed by atoms with Crippen molar-refractivity contribution in [1.82, 2.24) is 4.57 Å². The molecule has 0 radical (unpaired) electrons. The molecule has 1 aromatic rings. The summed E-state index contributed by atoms with van der Waals surface area (Å²) in [5.41, 5.74) is 1.48. The normalized spacial score (nSPS) is 10.9. The summed E-state index contributed by atoms with van der Waals surface area (Å²) < 4.78 is 4.74. The van der Waals surface area contributed by atoms with Crippen LogP contribution >= 0.6 is 0 Å². The molecular formula is C13H25N2+. The van der Waals surface area contributed by atoms with Crippen molar-refractivity contribution in [2.75, 3.05) is 0 Å². The first-order chi connectivity index (χ1) is 7.20. The first kappa shape index (κ1) is 12.3. The van der Waals surface area contributed by atoms with E-state index in [1.54, 1.807) is 0 Å². The third-order valence-electron chi connectivity index (χ3n) is 3.18. The number of rotatable bonds is 6. The van der Waals surface area contributed by atoms with Gasteiger partial charge < -0.3 is 0 Å². The fourth-order valence-corrected chi connectivity index (χ4v) is 1.91. The highest BCUT2D eigenvalue weighted by Gasteiger charge is 2.15. The Balaban J connectivity index is 2.72. The Bertz CT molecular complexity index is 271. The molecule has 0 saturated carbocycles. The Hall–Kier alpha value is -0.790. The fourth-order valence-electron chi connectivity index (χ4n) is 1.91. The Morgan fingerprint density at radius 3 is 2.47 bits per heavy atom. The number of imidazole rings is 1. The largest absolute Gasteiger partial charge is 0.253 e. The van der Waals surface area contributed by atoms with Crippen LogP contribution in [0.1, 0.15) is 51.0 Å². The van der Waals surface area contributed by atoms with Crippen molar-refractivity contribution in [1.29, 1.82) is 0 Å². The molecule has 0 bridgehead atoms. The van der Waals surface area contributed by atoms with Crippen LogP contribution in [0, 0.1) is 6.92 Å². The maximum absolute atomic E-state index is 2.40. The molecule has 1 rings (SSSR count). The highest BCUT2D eigenvalue weighted by molar-refractivity contribution is 4.97. The van der Waals surface area contributed by atoms with E-state index in [9.17, 15) is 0 Å². The molecular weight excluding hydrogens is 184 g/mol. The number of nitrogens with zero attached hydrogens (tertiary/aromatic N) is 2. The molecule has 2 nitrogen and oxygen atoms in total. The standard InChI is InChI=1S/C13H25N2/c1-5-7-9-13-11-15(10-8-6-2)12(3)14(13)4/h11H,5-10H2,1-4H3/q+1. The van der Waals surface area contributed by atoms with Crippen LogP contribution in [0.4, 0.5) is 0 Å². The van der Waals surface area contributed by atoms with Crippen LogP contribution in [-0.2, 0) is 20.0 Å². The van der Waals surface area contributed by atoms with E-state index in [0.29, 0.717) is 0 Å². The van der Waals surface area contributed by atoms with Gasteiger partial charge in [0, 0.05) is 13.3 Å². The van der Waals surface area contributed by atoms with E-state index in [0.717, 1.165) is 0 Å². The summed E-state index contributed by atoms with van der Waals surface area (Å²) in [5, 5.41) is 0. The number of hydrogen-bond acceptors (Lipinski definition) is 0. The summed E-state index contributed by atoms with van der Waals surface area (Å²) in [4.78, 5) is 0. The summed E-state index contributed by atoms with van der Waals surface area (Å²) in [6.07, 6.45) is 8.67. The van der Waals surface area contributed by atoms with Gasteiger partial charge in [0.1, 0.15) is 11.9 Å². The molecule has 15 heavy (non-hydrogen) atoms. The van der Waals surface area contributed by atoms with E-state index in [4.69, 9.17) is 0 Å². The van der Waals surface area contributed by atoms with Crippen LogP contribution in [0.25, 0.3) is 0 Å². The zero-order valence-corrected chi connectivity index (χ0v) is 10.7. The van der Waals surface area contributed by atoms with Crippen molar-refractivity contribution < 1.29 is 4.57 Å². The average molecular weight is 209 g/mol. The van der Waals surface area contributed by atoms with Gasteiger partial charge in [0.25, 0.3) is 5.82 Å². The SMILES string of the molecule is CCCCc1c[n+](CCCC)c(C)n1C. The van der Waals surface area contributed by atoms with Crippen LogP contribution in [0.5, 0.6) is 0 Å². The maximum Gasteiger partial charge on any atom is 0.253 e. The van der Waals surface area contributed by atoms with E-state index in [-0.39, 0.29) is 0 Å². The highest BCUT2D eigenvalue weighted by Crippen LogP contribution is 2.05.